The van der Waals surface area contributed by atoms with Crippen molar-refractivity contribution < 1.29 is 19.7 Å². The van der Waals surface area contributed by atoms with Gasteiger partial charge in [0.1, 0.15) is 5.75 Å². The zero-order valence-electron chi connectivity index (χ0n) is 23.6. The SMILES string of the molecule is CCCc1cc(Cl)ccc1C(COc1ccc(CO)cc1)CN(C)CC1CCC1C(O)/C=C/CCN(C)C=O. The van der Waals surface area contributed by atoms with Crippen molar-refractivity contribution in [2.75, 3.05) is 40.3 Å². The summed E-state index contributed by atoms with van der Waals surface area (Å²) in [7, 11) is 3.92. The predicted octanol–water partition coefficient (Wildman–Crippen LogP) is 5.30. The van der Waals surface area contributed by atoms with Gasteiger partial charge in [-0.3, -0.25) is 4.79 Å². The van der Waals surface area contributed by atoms with Crippen LogP contribution in [0.2, 0.25) is 5.02 Å². The van der Waals surface area contributed by atoms with E-state index in [9.17, 15) is 15.0 Å². The number of likely N-dealkylation sites (N-methyl/N-ethyl adjacent to an activating group) is 1. The number of nitrogens with zero attached hydrogens (tertiary/aromatic N) is 2. The summed E-state index contributed by atoms with van der Waals surface area (Å²) in [5, 5.41) is 20.9. The average molecular weight is 557 g/mol. The van der Waals surface area contributed by atoms with Gasteiger partial charge in [-0.05, 0) is 85.5 Å². The van der Waals surface area contributed by atoms with Crippen LogP contribution >= 0.6 is 11.6 Å². The van der Waals surface area contributed by atoms with Crippen LogP contribution in [-0.4, -0.2) is 72.9 Å². The van der Waals surface area contributed by atoms with E-state index < -0.39 is 6.10 Å². The zero-order chi connectivity index (χ0) is 28.2. The van der Waals surface area contributed by atoms with E-state index in [0.717, 1.165) is 67.9 Å². The summed E-state index contributed by atoms with van der Waals surface area (Å²) >= 11 is 6.36. The highest BCUT2D eigenvalue weighted by Gasteiger charge is 2.36. The molecule has 39 heavy (non-hydrogen) atoms. The number of ether oxygens (including phenoxy) is 1. The van der Waals surface area contributed by atoms with Gasteiger partial charge in [0, 0.05) is 37.6 Å². The molecule has 4 unspecified atom stereocenters. The van der Waals surface area contributed by atoms with Crippen LogP contribution in [-0.2, 0) is 17.8 Å². The van der Waals surface area contributed by atoms with Gasteiger partial charge in [-0.1, -0.05) is 55.3 Å². The Morgan fingerprint density at radius 1 is 1.15 bits per heavy atom. The van der Waals surface area contributed by atoms with Crippen LogP contribution in [0.25, 0.3) is 0 Å². The molecule has 6 nitrogen and oxygen atoms in total. The zero-order valence-corrected chi connectivity index (χ0v) is 24.4. The number of hydrogen-bond acceptors (Lipinski definition) is 5. The van der Waals surface area contributed by atoms with Gasteiger partial charge < -0.3 is 24.7 Å². The van der Waals surface area contributed by atoms with Gasteiger partial charge in [-0.15, -0.1) is 0 Å². The van der Waals surface area contributed by atoms with Gasteiger partial charge in [0.25, 0.3) is 0 Å². The minimum absolute atomic E-state index is 0.0169. The molecule has 0 bridgehead atoms. The number of aliphatic hydroxyl groups excluding tert-OH is 2. The topological polar surface area (TPSA) is 73.2 Å². The third-order valence-electron chi connectivity index (χ3n) is 7.78. The smallest absolute Gasteiger partial charge is 0.209 e. The van der Waals surface area contributed by atoms with E-state index in [1.54, 1.807) is 11.9 Å². The molecule has 1 fully saturated rings. The Morgan fingerprint density at radius 3 is 2.56 bits per heavy atom. The van der Waals surface area contributed by atoms with Gasteiger partial charge in [-0.25, -0.2) is 0 Å². The maximum absolute atomic E-state index is 10.8. The summed E-state index contributed by atoms with van der Waals surface area (Å²) in [6, 6.07) is 13.8. The molecule has 4 atom stereocenters. The van der Waals surface area contributed by atoms with Crippen LogP contribution in [0.4, 0.5) is 0 Å². The molecule has 1 amide bonds. The van der Waals surface area contributed by atoms with E-state index in [1.165, 1.54) is 11.1 Å². The van der Waals surface area contributed by atoms with Crippen molar-refractivity contribution in [2.45, 2.75) is 57.7 Å². The number of halogens is 1. The number of benzene rings is 2. The molecule has 0 aliphatic heterocycles. The van der Waals surface area contributed by atoms with Gasteiger partial charge in [-0.2, -0.15) is 0 Å². The highest BCUT2D eigenvalue weighted by atomic mass is 35.5. The van der Waals surface area contributed by atoms with Gasteiger partial charge >= 0.3 is 0 Å². The van der Waals surface area contributed by atoms with Crippen LogP contribution in [0.5, 0.6) is 5.75 Å². The summed E-state index contributed by atoms with van der Waals surface area (Å²) in [6.07, 6.45) is 9.16. The van der Waals surface area contributed by atoms with Gasteiger partial charge in [0.2, 0.25) is 6.41 Å². The third kappa shape index (κ3) is 9.64. The Balaban J connectivity index is 1.65. The fraction of sp³-hybridized carbons (Fsp3) is 0.531. The molecule has 2 aromatic carbocycles. The maximum Gasteiger partial charge on any atom is 0.209 e. The Morgan fingerprint density at radius 2 is 1.92 bits per heavy atom. The molecule has 0 radical (unpaired) electrons. The first-order valence-corrected chi connectivity index (χ1v) is 14.5. The second kappa shape index (κ2) is 16.0. The minimum atomic E-state index is -0.452. The monoisotopic (exact) mass is 556 g/mol. The van der Waals surface area contributed by atoms with Crippen LogP contribution in [0.1, 0.15) is 55.2 Å². The first kappa shape index (κ1) is 31.2. The maximum atomic E-state index is 10.8. The van der Waals surface area contributed by atoms with Crippen molar-refractivity contribution >= 4 is 18.0 Å². The molecule has 1 saturated carbocycles. The highest BCUT2D eigenvalue weighted by molar-refractivity contribution is 6.30. The molecule has 3 rings (SSSR count). The fourth-order valence-electron chi connectivity index (χ4n) is 5.42. The molecule has 0 heterocycles. The van der Waals surface area contributed by atoms with Crippen molar-refractivity contribution in [3.63, 3.8) is 0 Å². The van der Waals surface area contributed by atoms with E-state index in [0.29, 0.717) is 19.1 Å². The lowest BCUT2D eigenvalue weighted by atomic mass is 9.70. The molecule has 1 aliphatic carbocycles. The standard InChI is InChI=1S/C32H45ClN2O4/c1-4-7-25-18-28(33)12-16-30(25)27(22-39-29-13-9-24(21-36)10-14-29)20-35(3)19-26-11-15-31(26)32(38)8-5-6-17-34(2)23-37/h5,8-10,12-14,16,18,23,26-27,31-32,36,38H,4,6-7,11,15,17,19-22H2,1-3H3/b8-5+. The first-order chi connectivity index (χ1) is 18.8. The number of carbonyl (C=O) groups excluding carboxylic acids is 1. The summed E-state index contributed by atoms with van der Waals surface area (Å²) < 4.78 is 6.26. The lowest BCUT2D eigenvalue weighted by Gasteiger charge is -2.41. The first-order valence-electron chi connectivity index (χ1n) is 14.1. The number of rotatable bonds is 17. The Labute approximate surface area is 239 Å². The van der Waals surface area contributed by atoms with Crippen molar-refractivity contribution in [3.8, 4) is 5.75 Å². The molecule has 1 aliphatic rings. The van der Waals surface area contributed by atoms with Gasteiger partial charge in [0.05, 0.1) is 19.3 Å². The van der Waals surface area contributed by atoms with Crippen molar-refractivity contribution in [1.82, 2.24) is 9.80 Å². The molecule has 7 heteroatoms. The molecular weight excluding hydrogens is 512 g/mol. The summed E-state index contributed by atoms with van der Waals surface area (Å²) in [6.45, 7) is 5.15. The number of aliphatic hydroxyl groups is 2. The minimum Gasteiger partial charge on any atom is -0.493 e. The summed E-state index contributed by atoms with van der Waals surface area (Å²) in [5.74, 6) is 1.65. The summed E-state index contributed by atoms with van der Waals surface area (Å²) in [5.41, 5.74) is 3.40. The Kier molecular flexibility index (Phi) is 12.8. The molecule has 0 aromatic heterocycles. The summed E-state index contributed by atoms with van der Waals surface area (Å²) in [4.78, 5) is 14.7. The predicted molar refractivity (Wildman–Crippen MR) is 158 cm³/mol. The number of hydrogen-bond donors (Lipinski definition) is 2. The van der Waals surface area contributed by atoms with E-state index in [1.807, 2.05) is 42.5 Å². The van der Waals surface area contributed by atoms with Crippen LogP contribution in [0.15, 0.2) is 54.6 Å². The molecule has 2 N–H and O–H groups in total. The number of carbonyl (C=O) groups is 1. The van der Waals surface area contributed by atoms with E-state index in [4.69, 9.17) is 16.3 Å². The molecule has 0 spiro atoms. The normalized spacial score (nSPS) is 18.6. The van der Waals surface area contributed by atoms with Crippen molar-refractivity contribution in [1.29, 1.82) is 0 Å². The van der Waals surface area contributed by atoms with Crippen LogP contribution in [0.3, 0.4) is 0 Å². The van der Waals surface area contributed by atoms with Crippen LogP contribution in [0, 0.1) is 11.8 Å². The molecule has 0 saturated heterocycles. The second-order valence-corrected chi connectivity index (χ2v) is 11.4. The lowest BCUT2D eigenvalue weighted by molar-refractivity contribution is -0.116. The van der Waals surface area contributed by atoms with Crippen molar-refractivity contribution in [2.24, 2.45) is 11.8 Å². The molecule has 214 valence electrons. The highest BCUT2D eigenvalue weighted by Crippen LogP contribution is 2.38. The third-order valence-corrected chi connectivity index (χ3v) is 8.01. The fourth-order valence-corrected chi connectivity index (χ4v) is 5.61. The van der Waals surface area contributed by atoms with Gasteiger partial charge in [0.15, 0.2) is 0 Å². The second-order valence-electron chi connectivity index (χ2n) is 10.9. The van der Waals surface area contributed by atoms with E-state index in [2.05, 4.69) is 31.0 Å². The van der Waals surface area contributed by atoms with Crippen molar-refractivity contribution in [3.05, 3.63) is 76.3 Å². The number of amides is 1. The van der Waals surface area contributed by atoms with Crippen LogP contribution < -0.4 is 4.74 Å². The Bertz CT molecular complexity index is 1040. The van der Waals surface area contributed by atoms with E-state index >= 15 is 0 Å². The largest absolute Gasteiger partial charge is 0.493 e. The van der Waals surface area contributed by atoms with E-state index in [-0.39, 0.29) is 18.4 Å². The quantitative estimate of drug-likeness (QED) is 0.204. The Hall–Kier alpha value is -2.38. The molecule has 2 aromatic rings. The lowest BCUT2D eigenvalue weighted by Crippen LogP contribution is -2.42. The molecular formula is C32H45ClN2O4. The number of aryl methyl sites for hydroxylation is 1. The average Bonchev–Trinajstić information content (AvgIpc) is 2.92.